The number of hydrogen-bond acceptors (Lipinski definition) is 7. The van der Waals surface area contributed by atoms with E-state index in [0.29, 0.717) is 12.5 Å². The van der Waals surface area contributed by atoms with Crippen LogP contribution in [0.25, 0.3) is 0 Å². The van der Waals surface area contributed by atoms with Gasteiger partial charge in [0.2, 0.25) is 0 Å². The highest BCUT2D eigenvalue weighted by Gasteiger charge is 2.31. The van der Waals surface area contributed by atoms with E-state index < -0.39 is 24.0 Å². The van der Waals surface area contributed by atoms with Crippen molar-refractivity contribution in [1.29, 1.82) is 0 Å². The Morgan fingerprint density at radius 1 is 1.29 bits per heavy atom. The second kappa shape index (κ2) is 9.73. The molecule has 2 rings (SSSR count). The van der Waals surface area contributed by atoms with E-state index in [1.165, 1.54) is 39.1 Å². The first-order valence-electron chi connectivity index (χ1n) is 9.59. The molecule has 1 saturated carbocycles. The van der Waals surface area contributed by atoms with E-state index in [0.717, 1.165) is 0 Å². The second-order valence-corrected chi connectivity index (χ2v) is 7.53. The van der Waals surface area contributed by atoms with Crippen molar-refractivity contribution in [2.45, 2.75) is 58.8 Å². The van der Waals surface area contributed by atoms with Crippen LogP contribution >= 0.6 is 0 Å². The highest BCUT2D eigenvalue weighted by molar-refractivity contribution is 5.97. The van der Waals surface area contributed by atoms with Gasteiger partial charge in [-0.1, -0.05) is 13.8 Å². The molecule has 8 heteroatoms. The summed E-state index contributed by atoms with van der Waals surface area (Å²) in [5.74, 6) is -0.851. The van der Waals surface area contributed by atoms with Crippen molar-refractivity contribution < 1.29 is 28.9 Å². The number of carbonyl (C=O) groups excluding carboxylic acids is 2. The van der Waals surface area contributed by atoms with E-state index in [4.69, 9.17) is 14.2 Å². The number of aromatic hydroxyl groups is 1. The Bertz CT molecular complexity index is 689. The second-order valence-electron chi connectivity index (χ2n) is 7.53. The van der Waals surface area contributed by atoms with Gasteiger partial charge in [0.05, 0.1) is 13.2 Å². The predicted octanol–water partition coefficient (Wildman–Crippen LogP) is 2.30. The number of hydrogen-bond donors (Lipinski definition) is 2. The van der Waals surface area contributed by atoms with Crippen LogP contribution in [-0.2, 0) is 14.3 Å². The number of rotatable bonds is 10. The molecule has 0 spiro atoms. The number of pyridine rings is 1. The Morgan fingerprint density at radius 2 is 1.96 bits per heavy atom. The van der Waals surface area contributed by atoms with Gasteiger partial charge in [0, 0.05) is 18.9 Å². The van der Waals surface area contributed by atoms with E-state index in [1.807, 2.05) is 20.8 Å². The first-order chi connectivity index (χ1) is 13.2. The van der Waals surface area contributed by atoms with Gasteiger partial charge in [0.1, 0.15) is 12.1 Å². The number of esters is 1. The molecule has 0 bridgehead atoms. The average Bonchev–Trinajstić information content (AvgIpc) is 3.48. The van der Waals surface area contributed by atoms with E-state index >= 15 is 0 Å². The smallest absolute Gasteiger partial charge is 0.328 e. The summed E-state index contributed by atoms with van der Waals surface area (Å²) in [5, 5.41) is 12.5. The summed E-state index contributed by atoms with van der Waals surface area (Å²) in [5.41, 5.74) is -0.222. The molecule has 1 heterocycles. The first kappa shape index (κ1) is 21.9. The number of amides is 1. The molecule has 1 aromatic rings. The van der Waals surface area contributed by atoms with E-state index in [9.17, 15) is 14.7 Å². The van der Waals surface area contributed by atoms with Crippen molar-refractivity contribution in [1.82, 2.24) is 10.3 Å². The van der Waals surface area contributed by atoms with Crippen LogP contribution in [0.2, 0.25) is 0 Å². The number of aromatic nitrogens is 1. The van der Waals surface area contributed by atoms with Crippen molar-refractivity contribution in [3.63, 3.8) is 0 Å². The number of nitrogens with one attached hydrogen (secondary N) is 1. The third kappa shape index (κ3) is 5.82. The third-order valence-corrected chi connectivity index (χ3v) is 4.69. The molecule has 156 valence electrons. The summed E-state index contributed by atoms with van der Waals surface area (Å²) in [6.07, 6.45) is 3.05. The van der Waals surface area contributed by atoms with E-state index in [2.05, 4.69) is 10.3 Å². The molecule has 1 aromatic heterocycles. The van der Waals surface area contributed by atoms with Crippen molar-refractivity contribution >= 4 is 11.9 Å². The molecule has 8 nitrogen and oxygen atoms in total. The molecule has 28 heavy (non-hydrogen) atoms. The van der Waals surface area contributed by atoms with Gasteiger partial charge >= 0.3 is 5.97 Å². The van der Waals surface area contributed by atoms with Gasteiger partial charge in [0.25, 0.3) is 5.91 Å². The maximum Gasteiger partial charge on any atom is 0.328 e. The fourth-order valence-corrected chi connectivity index (χ4v) is 2.77. The van der Waals surface area contributed by atoms with Gasteiger partial charge in [-0.15, -0.1) is 0 Å². The molecular formula is C20H30N2O6. The van der Waals surface area contributed by atoms with Crippen molar-refractivity contribution in [3.8, 4) is 11.5 Å². The minimum Gasteiger partial charge on any atom is -0.503 e. The Balaban J connectivity index is 1.95. The molecule has 1 amide bonds. The van der Waals surface area contributed by atoms with Crippen LogP contribution in [-0.4, -0.2) is 53.9 Å². The van der Waals surface area contributed by atoms with Gasteiger partial charge in [-0.3, -0.25) is 4.79 Å². The number of methoxy groups -OCH3 is 1. The first-order valence-corrected chi connectivity index (χ1v) is 9.59. The maximum absolute atomic E-state index is 12.5. The quantitative estimate of drug-likeness (QED) is 0.586. The lowest BCUT2D eigenvalue weighted by Crippen LogP contribution is -2.44. The Kier molecular flexibility index (Phi) is 7.62. The summed E-state index contributed by atoms with van der Waals surface area (Å²) in [6, 6.07) is 0.511. The SMILES string of the molecule is COc1ccnc(C(=O)N[C@@H](C)C(=O)OC(C(C)C)[C@H](C)OCC2CC2)c1O. The van der Waals surface area contributed by atoms with Crippen LogP contribution in [0.1, 0.15) is 51.0 Å². The van der Waals surface area contributed by atoms with Crippen molar-refractivity contribution in [2.24, 2.45) is 11.8 Å². The lowest BCUT2D eigenvalue weighted by molar-refractivity contribution is -0.162. The third-order valence-electron chi connectivity index (χ3n) is 4.69. The van der Waals surface area contributed by atoms with Gasteiger partial charge in [-0.25, -0.2) is 9.78 Å². The predicted molar refractivity (Wildman–Crippen MR) is 102 cm³/mol. The van der Waals surface area contributed by atoms with Crippen LogP contribution in [0, 0.1) is 11.8 Å². The van der Waals surface area contributed by atoms with Gasteiger partial charge in [-0.05, 0) is 38.5 Å². The van der Waals surface area contributed by atoms with Crippen molar-refractivity contribution in [2.75, 3.05) is 13.7 Å². The monoisotopic (exact) mass is 394 g/mol. The summed E-state index contributed by atoms with van der Waals surface area (Å²) in [4.78, 5) is 28.7. The van der Waals surface area contributed by atoms with Gasteiger partial charge in [0.15, 0.2) is 17.2 Å². The standard InChI is InChI=1S/C20H30N2O6/c1-11(2)18(13(4)27-10-14-6-7-14)28-20(25)12(3)22-19(24)16-17(23)15(26-5)8-9-21-16/h8-9,11-14,18,23H,6-7,10H2,1-5H3,(H,22,24)/t12-,13-,18?/m0/s1. The molecule has 0 saturated heterocycles. The maximum atomic E-state index is 12.5. The molecule has 0 aliphatic heterocycles. The van der Waals surface area contributed by atoms with Crippen molar-refractivity contribution in [3.05, 3.63) is 18.0 Å². The number of ether oxygens (including phenoxy) is 3. The summed E-state index contributed by atoms with van der Waals surface area (Å²) < 4.78 is 16.4. The molecule has 1 fully saturated rings. The Hall–Kier alpha value is -2.35. The highest BCUT2D eigenvalue weighted by Crippen LogP contribution is 2.30. The molecule has 3 atom stereocenters. The molecular weight excluding hydrogens is 364 g/mol. The topological polar surface area (TPSA) is 107 Å². The van der Waals surface area contributed by atoms with Crippen LogP contribution in [0.5, 0.6) is 11.5 Å². The lowest BCUT2D eigenvalue weighted by atomic mass is 10.0. The minimum atomic E-state index is -0.920. The molecule has 1 unspecified atom stereocenters. The molecule has 1 aliphatic carbocycles. The van der Waals surface area contributed by atoms with Crippen LogP contribution in [0.15, 0.2) is 12.3 Å². The van der Waals surface area contributed by atoms with E-state index in [-0.39, 0.29) is 29.2 Å². The minimum absolute atomic E-state index is 0.0603. The normalized spacial score (nSPS) is 16.9. The molecule has 1 aliphatic rings. The molecule has 0 radical (unpaired) electrons. The van der Waals surface area contributed by atoms with Crippen LogP contribution < -0.4 is 10.1 Å². The lowest BCUT2D eigenvalue weighted by Gasteiger charge is -2.28. The Morgan fingerprint density at radius 3 is 2.54 bits per heavy atom. The van der Waals surface area contributed by atoms with Crippen LogP contribution in [0.3, 0.4) is 0 Å². The largest absolute Gasteiger partial charge is 0.503 e. The average molecular weight is 394 g/mol. The molecule has 0 aromatic carbocycles. The zero-order valence-electron chi connectivity index (χ0n) is 17.1. The van der Waals surface area contributed by atoms with Gasteiger partial charge < -0.3 is 24.6 Å². The summed E-state index contributed by atoms with van der Waals surface area (Å²) in [6.45, 7) is 7.99. The van der Waals surface area contributed by atoms with Gasteiger partial charge in [-0.2, -0.15) is 0 Å². The zero-order chi connectivity index (χ0) is 20.8. The fourth-order valence-electron chi connectivity index (χ4n) is 2.77. The van der Waals surface area contributed by atoms with E-state index in [1.54, 1.807) is 0 Å². The Labute approximate surface area is 165 Å². The number of nitrogens with zero attached hydrogens (tertiary/aromatic N) is 1. The van der Waals surface area contributed by atoms with Crippen LogP contribution in [0.4, 0.5) is 0 Å². The summed E-state index contributed by atoms with van der Waals surface area (Å²) in [7, 11) is 1.37. The highest BCUT2D eigenvalue weighted by atomic mass is 16.6. The zero-order valence-corrected chi connectivity index (χ0v) is 17.1. The number of carbonyl (C=O) groups is 2. The molecule has 2 N–H and O–H groups in total. The summed E-state index contributed by atoms with van der Waals surface area (Å²) >= 11 is 0. The fraction of sp³-hybridized carbons (Fsp3) is 0.650.